The number of carbonyl (C=O) groups excluding carboxylic acids is 1. The highest BCUT2D eigenvalue weighted by Crippen LogP contribution is 2.42. The number of ether oxygens (including phenoxy) is 2. The lowest BCUT2D eigenvalue weighted by atomic mass is 9.89. The molecule has 3 aromatic carbocycles. The highest BCUT2D eigenvalue weighted by Gasteiger charge is 2.34. The molecule has 0 bridgehead atoms. The summed E-state index contributed by atoms with van der Waals surface area (Å²) < 4.78 is 12.0. The Morgan fingerprint density at radius 3 is 2.60 bits per heavy atom. The number of aryl methyl sites for hydroxylation is 1. The van der Waals surface area contributed by atoms with Gasteiger partial charge in [-0.2, -0.15) is 5.10 Å². The van der Waals surface area contributed by atoms with Crippen molar-refractivity contribution in [3.63, 3.8) is 0 Å². The topological polar surface area (TPSA) is 64.0 Å². The molecule has 1 atom stereocenters. The van der Waals surface area contributed by atoms with Gasteiger partial charge in [-0.15, -0.1) is 0 Å². The van der Waals surface area contributed by atoms with Crippen LogP contribution in [0.2, 0.25) is 0 Å². The molecule has 0 fully saturated rings. The number of nitrogens with zero attached hydrogens (tertiary/aromatic N) is 3. The lowest BCUT2D eigenvalue weighted by molar-refractivity contribution is -0.130. The summed E-state index contributed by atoms with van der Waals surface area (Å²) in [5.41, 5.74) is 6.72. The van der Waals surface area contributed by atoms with E-state index in [9.17, 15) is 4.79 Å². The number of rotatable bonds is 3. The minimum absolute atomic E-state index is 0.113. The molecule has 6 nitrogen and oxygen atoms in total. The van der Waals surface area contributed by atoms with Gasteiger partial charge in [-0.05, 0) is 48.4 Å². The van der Waals surface area contributed by atoms with Gasteiger partial charge < -0.3 is 9.47 Å². The Morgan fingerprint density at radius 2 is 1.80 bits per heavy atom. The number of pyridine rings is 1. The number of amides is 1. The number of halogens is 1. The third kappa shape index (κ3) is 3.76. The normalized spacial score (nSPS) is 16.6. The van der Waals surface area contributed by atoms with Crippen molar-refractivity contribution in [1.29, 1.82) is 0 Å². The second kappa shape index (κ2) is 8.50. The summed E-state index contributed by atoms with van der Waals surface area (Å²) in [5.74, 6) is 1.30. The number of fused-ring (bicyclic) bond motifs is 2. The fourth-order valence-electron chi connectivity index (χ4n) is 4.95. The van der Waals surface area contributed by atoms with Crippen LogP contribution in [-0.4, -0.2) is 28.4 Å². The van der Waals surface area contributed by atoms with Crippen LogP contribution < -0.4 is 9.47 Å². The Balaban J connectivity index is 1.53. The summed E-state index contributed by atoms with van der Waals surface area (Å²) >= 11 is 3.63. The first-order chi connectivity index (χ1) is 17.0. The van der Waals surface area contributed by atoms with E-state index in [0.29, 0.717) is 17.9 Å². The van der Waals surface area contributed by atoms with Crippen LogP contribution in [0.5, 0.6) is 11.5 Å². The molecule has 174 valence electrons. The third-order valence-electron chi connectivity index (χ3n) is 6.49. The Hall–Kier alpha value is -3.71. The third-order valence-corrected chi connectivity index (χ3v) is 6.99. The average molecular weight is 528 g/mol. The Morgan fingerprint density at radius 1 is 1.00 bits per heavy atom. The van der Waals surface area contributed by atoms with Crippen molar-refractivity contribution in [3.05, 3.63) is 88.0 Å². The quantitative estimate of drug-likeness (QED) is 0.309. The van der Waals surface area contributed by atoms with E-state index >= 15 is 0 Å². The summed E-state index contributed by atoms with van der Waals surface area (Å²) in [6, 6.07) is 22.0. The van der Waals surface area contributed by atoms with Crippen molar-refractivity contribution in [2.24, 2.45) is 5.10 Å². The maximum atomic E-state index is 12.7. The van der Waals surface area contributed by atoms with Gasteiger partial charge in [0.15, 0.2) is 11.5 Å². The zero-order chi connectivity index (χ0) is 24.1. The molecule has 2 aliphatic rings. The molecular formula is C28H22BrN3O3. The largest absolute Gasteiger partial charge is 0.454 e. The van der Waals surface area contributed by atoms with Gasteiger partial charge in [-0.25, -0.2) is 5.01 Å². The summed E-state index contributed by atoms with van der Waals surface area (Å²) in [6.07, 6.45) is 0.571. The molecule has 7 heteroatoms. The van der Waals surface area contributed by atoms with Crippen LogP contribution in [-0.2, 0) is 4.79 Å². The van der Waals surface area contributed by atoms with E-state index in [0.717, 1.165) is 49.0 Å². The van der Waals surface area contributed by atoms with Crippen molar-refractivity contribution in [2.45, 2.75) is 26.3 Å². The molecule has 0 saturated carbocycles. The maximum Gasteiger partial charge on any atom is 0.240 e. The maximum absolute atomic E-state index is 12.7. The SMILES string of the molecule is CC(=O)N1N=C(c2c(C)nc3ccc(Br)cc3c2-c2ccccc2)CC1c1ccc2c(c1)OCO2. The van der Waals surface area contributed by atoms with Crippen LogP contribution in [0.4, 0.5) is 0 Å². The molecule has 0 aliphatic carbocycles. The van der Waals surface area contributed by atoms with Crippen molar-refractivity contribution < 1.29 is 14.3 Å². The molecule has 2 aliphatic heterocycles. The minimum atomic E-state index is -0.238. The standard InChI is InChI=1S/C28H22BrN3O3/c1-16-27(28(18-6-4-3-5-7-18)21-13-20(29)9-10-22(21)30-16)23-14-24(32(31-23)17(2)33)19-8-11-25-26(12-19)35-15-34-25/h3-13,24H,14-15H2,1-2H3. The Kier molecular flexibility index (Phi) is 5.29. The molecule has 0 N–H and O–H groups in total. The van der Waals surface area contributed by atoms with E-state index in [1.54, 1.807) is 11.9 Å². The van der Waals surface area contributed by atoms with E-state index in [1.807, 2.05) is 55.5 Å². The molecule has 1 amide bonds. The van der Waals surface area contributed by atoms with Crippen molar-refractivity contribution >= 4 is 38.5 Å². The van der Waals surface area contributed by atoms with Gasteiger partial charge in [0.2, 0.25) is 12.7 Å². The summed E-state index contributed by atoms with van der Waals surface area (Å²) in [5, 5.41) is 7.47. The molecule has 1 unspecified atom stereocenters. The fourth-order valence-corrected chi connectivity index (χ4v) is 5.31. The first kappa shape index (κ1) is 21.8. The van der Waals surface area contributed by atoms with Gasteiger partial charge in [-0.3, -0.25) is 9.78 Å². The second-order valence-electron chi connectivity index (χ2n) is 8.72. The van der Waals surface area contributed by atoms with Gasteiger partial charge in [0.25, 0.3) is 0 Å². The predicted octanol–water partition coefficient (Wildman–Crippen LogP) is 6.40. The monoisotopic (exact) mass is 527 g/mol. The van der Waals surface area contributed by atoms with Gasteiger partial charge in [0.1, 0.15) is 0 Å². The molecule has 3 heterocycles. The van der Waals surface area contributed by atoms with E-state index in [2.05, 4.69) is 34.1 Å². The zero-order valence-electron chi connectivity index (χ0n) is 19.3. The van der Waals surface area contributed by atoms with Crippen LogP contribution in [0, 0.1) is 6.92 Å². The number of benzene rings is 3. The van der Waals surface area contributed by atoms with E-state index in [4.69, 9.17) is 19.6 Å². The van der Waals surface area contributed by atoms with Crippen molar-refractivity contribution in [2.75, 3.05) is 6.79 Å². The van der Waals surface area contributed by atoms with E-state index in [1.165, 1.54) is 0 Å². The number of hydrazone groups is 1. The highest BCUT2D eigenvalue weighted by atomic mass is 79.9. The Bertz CT molecular complexity index is 1520. The van der Waals surface area contributed by atoms with Crippen LogP contribution in [0.3, 0.4) is 0 Å². The van der Waals surface area contributed by atoms with Crippen LogP contribution in [0.25, 0.3) is 22.0 Å². The number of hydrogen-bond acceptors (Lipinski definition) is 5. The summed E-state index contributed by atoms with van der Waals surface area (Å²) in [7, 11) is 0. The van der Waals surface area contributed by atoms with Crippen LogP contribution >= 0.6 is 15.9 Å². The molecule has 0 saturated heterocycles. The van der Waals surface area contributed by atoms with Crippen LogP contribution in [0.1, 0.15) is 36.2 Å². The molecule has 0 radical (unpaired) electrons. The summed E-state index contributed by atoms with van der Waals surface area (Å²) in [6.45, 7) is 3.77. The van der Waals surface area contributed by atoms with Crippen LogP contribution in [0.15, 0.2) is 76.3 Å². The Labute approximate surface area is 211 Å². The van der Waals surface area contributed by atoms with Gasteiger partial charge in [0, 0.05) is 40.0 Å². The first-order valence-corrected chi connectivity index (χ1v) is 12.2. The smallest absolute Gasteiger partial charge is 0.240 e. The van der Waals surface area contributed by atoms with Gasteiger partial charge in [-0.1, -0.05) is 52.3 Å². The second-order valence-corrected chi connectivity index (χ2v) is 9.63. The zero-order valence-corrected chi connectivity index (χ0v) is 20.9. The molecule has 6 rings (SSSR count). The van der Waals surface area contributed by atoms with Gasteiger partial charge in [0.05, 0.1) is 17.3 Å². The molecule has 35 heavy (non-hydrogen) atoms. The molecular weight excluding hydrogens is 506 g/mol. The van der Waals surface area contributed by atoms with Gasteiger partial charge >= 0.3 is 0 Å². The predicted molar refractivity (Wildman–Crippen MR) is 139 cm³/mol. The number of aromatic nitrogens is 1. The molecule has 0 spiro atoms. The number of hydrogen-bond donors (Lipinski definition) is 0. The first-order valence-electron chi connectivity index (χ1n) is 11.4. The lowest BCUT2D eigenvalue weighted by Crippen LogP contribution is -2.24. The fraction of sp³-hybridized carbons (Fsp3) is 0.179. The van der Waals surface area contributed by atoms with Crippen molar-refractivity contribution in [1.82, 2.24) is 9.99 Å². The summed E-state index contributed by atoms with van der Waals surface area (Å²) in [4.78, 5) is 17.6. The molecule has 1 aromatic heterocycles. The average Bonchev–Trinajstić information content (AvgIpc) is 3.51. The van der Waals surface area contributed by atoms with E-state index in [-0.39, 0.29) is 18.7 Å². The lowest BCUT2D eigenvalue weighted by Gasteiger charge is -2.20. The van der Waals surface area contributed by atoms with E-state index < -0.39 is 0 Å². The highest BCUT2D eigenvalue weighted by molar-refractivity contribution is 9.10. The minimum Gasteiger partial charge on any atom is -0.454 e. The molecule has 4 aromatic rings. The number of carbonyl (C=O) groups is 1. The van der Waals surface area contributed by atoms with Crippen molar-refractivity contribution in [3.8, 4) is 22.6 Å².